The molecular formula is C51H52N2O6. The van der Waals surface area contributed by atoms with Gasteiger partial charge in [-0.05, 0) is 128 Å². The molecule has 1 unspecified atom stereocenters. The zero-order valence-corrected chi connectivity index (χ0v) is 35.4. The number of benzene rings is 5. The van der Waals surface area contributed by atoms with Gasteiger partial charge < -0.3 is 9.47 Å². The minimum absolute atomic E-state index is 0.0213. The zero-order chi connectivity index (χ0) is 42.4. The number of imide groups is 2. The van der Waals surface area contributed by atoms with Crippen LogP contribution in [0, 0.1) is 5.92 Å². The Morgan fingerprint density at radius 3 is 1.51 bits per heavy atom. The number of allylic oxidation sites excluding steroid dienone is 1. The van der Waals surface area contributed by atoms with E-state index >= 15 is 0 Å². The fraction of sp³-hybridized carbons (Fsp3) is 0.294. The summed E-state index contributed by atoms with van der Waals surface area (Å²) in [6.07, 6.45) is 5.68. The largest absolute Gasteiger partial charge is 0.457 e. The van der Waals surface area contributed by atoms with Crippen molar-refractivity contribution in [1.82, 2.24) is 4.90 Å². The predicted octanol–water partition coefficient (Wildman–Crippen LogP) is 12.1. The Bertz CT molecular complexity index is 2490. The van der Waals surface area contributed by atoms with Crippen LogP contribution in [0.3, 0.4) is 0 Å². The van der Waals surface area contributed by atoms with Gasteiger partial charge in [-0.1, -0.05) is 97.0 Å². The second-order valence-corrected chi connectivity index (χ2v) is 16.9. The molecule has 7 rings (SSSR count). The monoisotopic (exact) mass is 788 g/mol. The van der Waals surface area contributed by atoms with Crippen molar-refractivity contribution in [3.63, 3.8) is 0 Å². The van der Waals surface area contributed by atoms with Crippen molar-refractivity contribution >= 4 is 29.3 Å². The molecule has 0 bridgehead atoms. The van der Waals surface area contributed by atoms with E-state index in [1.54, 1.807) is 36.4 Å². The Labute approximate surface area is 347 Å². The molecule has 2 aliphatic heterocycles. The Kier molecular flexibility index (Phi) is 10.7. The number of ether oxygens (including phenoxy) is 2. The van der Waals surface area contributed by atoms with E-state index in [9.17, 15) is 19.2 Å². The molecule has 0 aromatic heterocycles. The van der Waals surface area contributed by atoms with E-state index < -0.39 is 5.54 Å². The Morgan fingerprint density at radius 1 is 0.559 bits per heavy atom. The molecule has 1 atom stereocenters. The van der Waals surface area contributed by atoms with Crippen LogP contribution in [-0.4, -0.2) is 34.1 Å². The maximum atomic E-state index is 13.7. The van der Waals surface area contributed by atoms with Crippen molar-refractivity contribution in [1.29, 1.82) is 0 Å². The first kappa shape index (κ1) is 40.9. The average molecular weight is 789 g/mol. The molecule has 0 N–H and O–H groups in total. The van der Waals surface area contributed by atoms with E-state index in [2.05, 4.69) is 40.7 Å². The van der Waals surface area contributed by atoms with Gasteiger partial charge in [0, 0.05) is 5.41 Å². The summed E-state index contributed by atoms with van der Waals surface area (Å²) in [6.45, 7) is 18.6. The first-order valence-corrected chi connectivity index (χ1v) is 20.4. The summed E-state index contributed by atoms with van der Waals surface area (Å²) in [4.78, 5) is 56.8. The highest BCUT2D eigenvalue weighted by molar-refractivity contribution is 6.34. The van der Waals surface area contributed by atoms with Crippen LogP contribution in [0.2, 0.25) is 0 Å². The van der Waals surface area contributed by atoms with Gasteiger partial charge in [0.2, 0.25) is 0 Å². The van der Waals surface area contributed by atoms with Gasteiger partial charge in [0.1, 0.15) is 23.0 Å². The third kappa shape index (κ3) is 7.15. The normalized spacial score (nSPS) is 15.3. The molecule has 8 nitrogen and oxygen atoms in total. The number of nitrogens with zero attached hydrogens (tertiary/aromatic N) is 2. The van der Waals surface area contributed by atoms with Crippen molar-refractivity contribution in [2.45, 2.75) is 91.5 Å². The standard InChI is InChI=1S/C51H52N2O6/c1-10-28-51(9,32(4)5)53-47(56)42-27-25-40(31-44(42)48(53)57)59-38-22-18-34(19-23-38)49(6,7)33-16-20-37(21-17-33)58-39-24-26-41-43(30-39)46(55)52(45(41)54)36-15-13-14-35(29-36)50(8,11-2)12-3/h10,13-32H,11-12H2,1-9H3. The van der Waals surface area contributed by atoms with Crippen molar-refractivity contribution in [3.05, 3.63) is 160 Å². The van der Waals surface area contributed by atoms with Crippen LogP contribution in [-0.2, 0) is 10.8 Å². The highest BCUT2D eigenvalue weighted by Gasteiger charge is 2.47. The van der Waals surface area contributed by atoms with Crippen LogP contribution in [0.1, 0.15) is 133 Å². The lowest BCUT2D eigenvalue weighted by atomic mass is 9.78. The van der Waals surface area contributed by atoms with Gasteiger partial charge in [0.15, 0.2) is 0 Å². The lowest BCUT2D eigenvalue weighted by Gasteiger charge is -2.38. The first-order valence-electron chi connectivity index (χ1n) is 20.4. The van der Waals surface area contributed by atoms with E-state index in [1.165, 1.54) is 9.80 Å². The molecule has 5 aromatic rings. The summed E-state index contributed by atoms with van der Waals surface area (Å²) in [7, 11) is 0. The predicted molar refractivity (Wildman–Crippen MR) is 232 cm³/mol. The third-order valence-corrected chi connectivity index (χ3v) is 12.9. The highest BCUT2D eigenvalue weighted by atomic mass is 16.5. The van der Waals surface area contributed by atoms with E-state index in [1.807, 2.05) is 107 Å². The van der Waals surface area contributed by atoms with Crippen molar-refractivity contribution in [2.75, 3.05) is 4.90 Å². The summed E-state index contributed by atoms with van der Waals surface area (Å²) in [5.41, 5.74) is 4.01. The second-order valence-electron chi connectivity index (χ2n) is 16.9. The number of hydrogen-bond acceptors (Lipinski definition) is 6. The molecule has 4 amide bonds. The van der Waals surface area contributed by atoms with Crippen molar-refractivity contribution in [3.8, 4) is 23.0 Å². The molecule has 0 radical (unpaired) electrons. The van der Waals surface area contributed by atoms with Gasteiger partial charge in [0.05, 0.1) is 33.5 Å². The molecule has 59 heavy (non-hydrogen) atoms. The molecule has 2 heterocycles. The average Bonchev–Trinajstić information content (AvgIpc) is 3.63. The topological polar surface area (TPSA) is 93.2 Å². The van der Waals surface area contributed by atoms with E-state index in [0.717, 1.165) is 29.5 Å². The summed E-state index contributed by atoms with van der Waals surface area (Å²) in [5, 5.41) is 0. The molecule has 0 saturated heterocycles. The molecule has 0 spiro atoms. The number of anilines is 1. The summed E-state index contributed by atoms with van der Waals surface area (Å²) < 4.78 is 12.4. The Hall–Kier alpha value is -6.28. The Morgan fingerprint density at radius 2 is 1.02 bits per heavy atom. The number of carbonyl (C=O) groups is 4. The molecule has 5 aromatic carbocycles. The van der Waals surface area contributed by atoms with Gasteiger partial charge >= 0.3 is 0 Å². The number of amides is 4. The third-order valence-electron chi connectivity index (χ3n) is 12.9. The number of rotatable bonds is 13. The van der Waals surface area contributed by atoms with Gasteiger partial charge in [-0.3, -0.25) is 24.1 Å². The maximum Gasteiger partial charge on any atom is 0.266 e. The lowest BCUT2D eigenvalue weighted by molar-refractivity contribution is 0.0452. The fourth-order valence-corrected chi connectivity index (χ4v) is 8.10. The molecular weight excluding hydrogens is 737 g/mol. The lowest BCUT2D eigenvalue weighted by Crippen LogP contribution is -2.51. The highest BCUT2D eigenvalue weighted by Crippen LogP contribution is 2.40. The minimum Gasteiger partial charge on any atom is -0.457 e. The van der Waals surface area contributed by atoms with Gasteiger partial charge in [-0.2, -0.15) is 0 Å². The van der Waals surface area contributed by atoms with Crippen LogP contribution in [0.15, 0.2) is 121 Å². The quantitative estimate of drug-likeness (QED) is 0.0871. The zero-order valence-electron chi connectivity index (χ0n) is 35.4. The van der Waals surface area contributed by atoms with Crippen LogP contribution < -0.4 is 14.4 Å². The van der Waals surface area contributed by atoms with Gasteiger partial charge in [-0.25, -0.2) is 4.90 Å². The SMILES string of the molecule is CC=CC(C)(C(C)C)N1C(=O)c2ccc(Oc3ccc(C(C)(C)c4ccc(Oc5ccc6c(c5)C(=O)N(c5cccc(C(C)(CC)CC)c5)C6=O)cc4)cc3)cc2C1=O. The molecule has 0 saturated carbocycles. The molecule has 2 aliphatic rings. The van der Waals surface area contributed by atoms with Crippen LogP contribution in [0.5, 0.6) is 23.0 Å². The van der Waals surface area contributed by atoms with Crippen molar-refractivity contribution < 1.29 is 28.7 Å². The Balaban J connectivity index is 1.02. The van der Waals surface area contributed by atoms with Crippen LogP contribution >= 0.6 is 0 Å². The van der Waals surface area contributed by atoms with E-state index in [-0.39, 0.29) is 40.4 Å². The number of fused-ring (bicyclic) bond motifs is 2. The summed E-state index contributed by atoms with van der Waals surface area (Å²) >= 11 is 0. The van der Waals surface area contributed by atoms with Gasteiger partial charge in [-0.15, -0.1) is 0 Å². The van der Waals surface area contributed by atoms with Gasteiger partial charge in [0.25, 0.3) is 23.6 Å². The maximum absolute atomic E-state index is 13.7. The molecule has 302 valence electrons. The molecule has 8 heteroatoms. The van der Waals surface area contributed by atoms with Crippen molar-refractivity contribution in [2.24, 2.45) is 5.92 Å². The van der Waals surface area contributed by atoms with E-state index in [0.29, 0.717) is 50.9 Å². The minimum atomic E-state index is -0.756. The fourth-order valence-electron chi connectivity index (χ4n) is 8.10. The van der Waals surface area contributed by atoms with Crippen LogP contribution in [0.4, 0.5) is 5.69 Å². The molecule has 0 aliphatic carbocycles. The summed E-state index contributed by atoms with van der Waals surface area (Å²) in [6, 6.07) is 33.5. The number of carbonyl (C=O) groups excluding carboxylic acids is 4. The molecule has 0 fully saturated rings. The number of hydrogen-bond donors (Lipinski definition) is 0. The second kappa shape index (κ2) is 15.5. The first-order chi connectivity index (χ1) is 28.1. The van der Waals surface area contributed by atoms with E-state index in [4.69, 9.17) is 9.47 Å². The van der Waals surface area contributed by atoms with Crippen LogP contribution in [0.25, 0.3) is 0 Å². The smallest absolute Gasteiger partial charge is 0.266 e. The summed E-state index contributed by atoms with van der Waals surface area (Å²) in [5.74, 6) is 0.828.